The molecule has 0 aliphatic heterocycles. The van der Waals surface area contributed by atoms with E-state index in [1.54, 1.807) is 20.0 Å². The first-order chi connectivity index (χ1) is 8.84. The van der Waals surface area contributed by atoms with Crippen molar-refractivity contribution in [2.45, 2.75) is 44.4 Å². The van der Waals surface area contributed by atoms with Crippen LogP contribution in [0.15, 0.2) is 12.5 Å². The van der Waals surface area contributed by atoms with E-state index < -0.39 is 17.3 Å². The quantitative estimate of drug-likeness (QED) is 0.882. The normalized spacial score (nSPS) is 22.4. The number of nitrogens with one attached hydrogen (secondary N) is 2. The van der Waals surface area contributed by atoms with Crippen LogP contribution in [0.1, 0.15) is 38.8 Å². The van der Waals surface area contributed by atoms with Crippen LogP contribution in [0.25, 0.3) is 0 Å². The van der Waals surface area contributed by atoms with Gasteiger partial charge in [0.2, 0.25) is 5.91 Å². The minimum absolute atomic E-state index is 0.0312. The number of rotatable bonds is 4. The number of amides is 1. The second-order valence-electron chi connectivity index (χ2n) is 5.65. The molecule has 1 heterocycles. The van der Waals surface area contributed by atoms with Crippen molar-refractivity contribution >= 4 is 5.91 Å². The molecule has 106 valence electrons. The van der Waals surface area contributed by atoms with Gasteiger partial charge in [-0.05, 0) is 26.7 Å². The standard InChI is InChI=1S/C13H19F2N3O/c1-12(2,10-7-16-8-18-10)11(19)17-6-9-4-3-5-13(9,14)15/h7-9H,3-6H2,1-2H3,(H,16,18)(H,17,19)/t9-/m1/s1. The van der Waals surface area contributed by atoms with E-state index >= 15 is 0 Å². The lowest BCUT2D eigenvalue weighted by atomic mass is 9.88. The fraction of sp³-hybridized carbons (Fsp3) is 0.692. The van der Waals surface area contributed by atoms with E-state index in [1.807, 2.05) is 0 Å². The van der Waals surface area contributed by atoms with Crippen LogP contribution >= 0.6 is 0 Å². The van der Waals surface area contributed by atoms with E-state index in [0.717, 1.165) is 0 Å². The number of alkyl halides is 2. The van der Waals surface area contributed by atoms with E-state index in [9.17, 15) is 13.6 Å². The van der Waals surface area contributed by atoms with Gasteiger partial charge in [0.05, 0.1) is 11.7 Å². The average Bonchev–Trinajstić information content (AvgIpc) is 2.95. The molecule has 1 atom stereocenters. The first kappa shape index (κ1) is 14.0. The van der Waals surface area contributed by atoms with Crippen LogP contribution in [-0.4, -0.2) is 28.3 Å². The summed E-state index contributed by atoms with van der Waals surface area (Å²) < 4.78 is 26.9. The number of halogens is 2. The highest BCUT2D eigenvalue weighted by Gasteiger charge is 2.44. The summed E-state index contributed by atoms with van der Waals surface area (Å²) in [5, 5.41) is 2.64. The van der Waals surface area contributed by atoms with Gasteiger partial charge in [-0.1, -0.05) is 0 Å². The van der Waals surface area contributed by atoms with Crippen molar-refractivity contribution in [3.63, 3.8) is 0 Å². The zero-order valence-corrected chi connectivity index (χ0v) is 11.2. The summed E-state index contributed by atoms with van der Waals surface area (Å²) in [6.45, 7) is 3.51. The zero-order chi connectivity index (χ0) is 14.1. The molecular weight excluding hydrogens is 252 g/mol. The number of aromatic nitrogens is 2. The predicted molar refractivity (Wildman–Crippen MR) is 66.9 cm³/mol. The van der Waals surface area contributed by atoms with Crippen LogP contribution in [0.2, 0.25) is 0 Å². The fourth-order valence-electron chi connectivity index (χ4n) is 2.41. The Bertz CT molecular complexity index is 443. The SMILES string of the molecule is CC(C)(C(=O)NC[C@H]1CCCC1(F)F)c1cnc[nH]1. The van der Waals surface area contributed by atoms with Gasteiger partial charge in [-0.15, -0.1) is 0 Å². The Kier molecular flexibility index (Phi) is 3.60. The molecule has 0 spiro atoms. The Morgan fingerprint density at radius 3 is 2.89 bits per heavy atom. The van der Waals surface area contributed by atoms with Crippen LogP contribution in [0.4, 0.5) is 8.78 Å². The summed E-state index contributed by atoms with van der Waals surface area (Å²) in [5.41, 5.74) is -0.132. The number of nitrogens with zero attached hydrogens (tertiary/aromatic N) is 1. The molecule has 1 amide bonds. The molecule has 1 aliphatic carbocycles. The number of imidazole rings is 1. The van der Waals surface area contributed by atoms with Gasteiger partial charge < -0.3 is 10.3 Å². The van der Waals surface area contributed by atoms with Crippen molar-refractivity contribution in [3.8, 4) is 0 Å². The molecule has 6 heteroatoms. The van der Waals surface area contributed by atoms with E-state index in [4.69, 9.17) is 0 Å². The van der Waals surface area contributed by atoms with Crippen molar-refractivity contribution in [2.24, 2.45) is 5.92 Å². The second kappa shape index (κ2) is 4.90. The molecule has 1 aliphatic rings. The fourth-order valence-corrected chi connectivity index (χ4v) is 2.41. The van der Waals surface area contributed by atoms with Gasteiger partial charge in [-0.25, -0.2) is 13.8 Å². The van der Waals surface area contributed by atoms with E-state index in [-0.39, 0.29) is 18.9 Å². The summed E-state index contributed by atoms with van der Waals surface area (Å²) in [4.78, 5) is 18.9. The lowest BCUT2D eigenvalue weighted by Gasteiger charge is -2.25. The Morgan fingerprint density at radius 2 is 2.37 bits per heavy atom. The Balaban J connectivity index is 1.95. The predicted octanol–water partition coefficient (Wildman–Crippen LogP) is 2.24. The highest BCUT2D eigenvalue weighted by Crippen LogP contribution is 2.39. The van der Waals surface area contributed by atoms with Gasteiger partial charge in [0.15, 0.2) is 0 Å². The first-order valence-electron chi connectivity index (χ1n) is 6.49. The zero-order valence-electron chi connectivity index (χ0n) is 11.2. The highest BCUT2D eigenvalue weighted by molar-refractivity contribution is 5.86. The van der Waals surface area contributed by atoms with Crippen LogP contribution in [0, 0.1) is 5.92 Å². The summed E-state index contributed by atoms with van der Waals surface area (Å²) in [5.74, 6) is -3.65. The lowest BCUT2D eigenvalue weighted by Crippen LogP contribution is -2.44. The van der Waals surface area contributed by atoms with E-state index in [2.05, 4.69) is 15.3 Å². The molecule has 19 heavy (non-hydrogen) atoms. The largest absolute Gasteiger partial charge is 0.355 e. The molecule has 0 unspecified atom stereocenters. The van der Waals surface area contributed by atoms with Crippen LogP contribution in [0.3, 0.4) is 0 Å². The van der Waals surface area contributed by atoms with Gasteiger partial charge in [-0.3, -0.25) is 4.79 Å². The molecule has 1 aromatic rings. The van der Waals surface area contributed by atoms with Crippen molar-refractivity contribution < 1.29 is 13.6 Å². The summed E-state index contributed by atoms with van der Waals surface area (Å²) >= 11 is 0. The van der Waals surface area contributed by atoms with Gasteiger partial charge >= 0.3 is 0 Å². The Morgan fingerprint density at radius 1 is 1.63 bits per heavy atom. The number of carbonyl (C=O) groups excluding carboxylic acids is 1. The van der Waals surface area contributed by atoms with E-state index in [0.29, 0.717) is 18.5 Å². The highest BCUT2D eigenvalue weighted by atomic mass is 19.3. The third kappa shape index (κ3) is 2.77. The average molecular weight is 271 g/mol. The van der Waals surface area contributed by atoms with Gasteiger partial charge in [0.1, 0.15) is 0 Å². The maximum absolute atomic E-state index is 13.5. The van der Waals surface area contributed by atoms with Crippen molar-refractivity contribution in [2.75, 3.05) is 6.54 Å². The molecule has 0 aromatic carbocycles. The third-order valence-electron chi connectivity index (χ3n) is 3.91. The summed E-state index contributed by atoms with van der Waals surface area (Å²) in [6, 6.07) is 0. The van der Waals surface area contributed by atoms with Crippen molar-refractivity contribution in [1.82, 2.24) is 15.3 Å². The first-order valence-corrected chi connectivity index (χ1v) is 6.49. The van der Waals surface area contributed by atoms with Gasteiger partial charge in [0, 0.05) is 30.8 Å². The Labute approximate surface area is 111 Å². The van der Waals surface area contributed by atoms with Gasteiger partial charge in [-0.2, -0.15) is 0 Å². The second-order valence-corrected chi connectivity index (χ2v) is 5.65. The maximum atomic E-state index is 13.5. The number of carbonyl (C=O) groups is 1. The van der Waals surface area contributed by atoms with Crippen LogP contribution < -0.4 is 5.32 Å². The number of hydrogen-bond donors (Lipinski definition) is 2. The summed E-state index contributed by atoms with van der Waals surface area (Å²) in [6.07, 6.45) is 3.99. The number of H-pyrrole nitrogens is 1. The van der Waals surface area contributed by atoms with Crippen LogP contribution in [-0.2, 0) is 10.2 Å². The molecular formula is C13H19F2N3O. The van der Waals surface area contributed by atoms with Crippen molar-refractivity contribution in [1.29, 1.82) is 0 Å². The number of hydrogen-bond acceptors (Lipinski definition) is 2. The monoisotopic (exact) mass is 271 g/mol. The van der Waals surface area contributed by atoms with Crippen molar-refractivity contribution in [3.05, 3.63) is 18.2 Å². The molecule has 4 nitrogen and oxygen atoms in total. The smallest absolute Gasteiger partial charge is 0.252 e. The van der Waals surface area contributed by atoms with Crippen LogP contribution in [0.5, 0.6) is 0 Å². The van der Waals surface area contributed by atoms with E-state index in [1.165, 1.54) is 6.33 Å². The molecule has 1 aromatic heterocycles. The van der Waals surface area contributed by atoms with Gasteiger partial charge in [0.25, 0.3) is 5.92 Å². The maximum Gasteiger partial charge on any atom is 0.252 e. The molecule has 0 radical (unpaired) electrons. The Hall–Kier alpha value is -1.46. The number of aromatic amines is 1. The summed E-state index contributed by atoms with van der Waals surface area (Å²) in [7, 11) is 0. The lowest BCUT2D eigenvalue weighted by molar-refractivity contribution is -0.126. The molecule has 1 saturated carbocycles. The minimum Gasteiger partial charge on any atom is -0.355 e. The third-order valence-corrected chi connectivity index (χ3v) is 3.91. The molecule has 0 saturated heterocycles. The molecule has 1 fully saturated rings. The topological polar surface area (TPSA) is 57.8 Å². The molecule has 2 N–H and O–H groups in total. The molecule has 0 bridgehead atoms. The minimum atomic E-state index is -2.65. The molecule has 2 rings (SSSR count).